The van der Waals surface area contributed by atoms with Gasteiger partial charge in [0.15, 0.2) is 5.11 Å². The number of methoxy groups -OCH3 is 2. The molecule has 8 heteroatoms. The van der Waals surface area contributed by atoms with Crippen LogP contribution in [-0.4, -0.2) is 31.1 Å². The Balaban J connectivity index is 2.11. The predicted molar refractivity (Wildman–Crippen MR) is 99.2 cm³/mol. The van der Waals surface area contributed by atoms with Crippen LogP contribution in [0.3, 0.4) is 0 Å². The Kier molecular flexibility index (Phi) is 4.77. The Hall–Kier alpha value is -3.13. The third-order valence-electron chi connectivity index (χ3n) is 3.77. The summed E-state index contributed by atoms with van der Waals surface area (Å²) in [6, 6.07) is 8.47. The van der Waals surface area contributed by atoms with Gasteiger partial charge >= 0.3 is 0 Å². The maximum atomic E-state index is 13.1. The molecule has 2 heterocycles. The lowest BCUT2D eigenvalue weighted by Gasteiger charge is -2.30. The van der Waals surface area contributed by atoms with Crippen LogP contribution >= 0.6 is 12.2 Å². The number of anilines is 1. The molecular weight excluding hydrogens is 356 g/mol. The zero-order chi connectivity index (χ0) is 18.8. The standard InChI is InChI=1S/C18H16N2O5S/c1-10-7-8-11(25-10)9-12-16(21)19-18(26)20(17(12)22)15-13(23-2)5-4-6-14(15)24-3/h4-9H,1-3H3,(H,19,21,26)/b12-9+. The van der Waals surface area contributed by atoms with E-state index in [1.165, 1.54) is 25.2 Å². The Morgan fingerprint density at radius 2 is 1.77 bits per heavy atom. The highest BCUT2D eigenvalue weighted by Gasteiger charge is 2.37. The van der Waals surface area contributed by atoms with E-state index in [1.807, 2.05) is 0 Å². The highest BCUT2D eigenvalue weighted by atomic mass is 32.1. The molecule has 1 aromatic carbocycles. The fourth-order valence-corrected chi connectivity index (χ4v) is 2.85. The van der Waals surface area contributed by atoms with Crippen molar-refractivity contribution < 1.29 is 23.5 Å². The number of ether oxygens (including phenoxy) is 2. The van der Waals surface area contributed by atoms with Gasteiger partial charge in [0.1, 0.15) is 34.3 Å². The second kappa shape index (κ2) is 7.01. The third-order valence-corrected chi connectivity index (χ3v) is 4.06. The van der Waals surface area contributed by atoms with Crippen molar-refractivity contribution in [1.82, 2.24) is 5.32 Å². The van der Waals surface area contributed by atoms with Crippen molar-refractivity contribution in [3.63, 3.8) is 0 Å². The maximum Gasteiger partial charge on any atom is 0.270 e. The topological polar surface area (TPSA) is 81.0 Å². The van der Waals surface area contributed by atoms with Crippen LogP contribution in [0.15, 0.2) is 40.3 Å². The van der Waals surface area contributed by atoms with E-state index >= 15 is 0 Å². The van der Waals surface area contributed by atoms with Crippen molar-refractivity contribution in [2.45, 2.75) is 6.92 Å². The SMILES string of the molecule is COc1cccc(OC)c1N1C(=O)/C(=C/c2ccc(C)o2)C(=O)NC1=S. The number of benzene rings is 1. The summed E-state index contributed by atoms with van der Waals surface area (Å²) in [7, 11) is 2.94. The fourth-order valence-electron chi connectivity index (χ4n) is 2.59. The molecule has 2 amide bonds. The third kappa shape index (κ3) is 3.06. The molecule has 134 valence electrons. The molecule has 3 rings (SSSR count). The van der Waals surface area contributed by atoms with E-state index in [1.54, 1.807) is 37.3 Å². The number of aryl methyl sites for hydroxylation is 1. The zero-order valence-corrected chi connectivity index (χ0v) is 15.2. The van der Waals surface area contributed by atoms with Crippen molar-refractivity contribution >= 4 is 40.9 Å². The molecule has 0 unspecified atom stereocenters. The normalized spacial score (nSPS) is 16.0. The van der Waals surface area contributed by atoms with Crippen LogP contribution in [0.1, 0.15) is 11.5 Å². The predicted octanol–water partition coefficient (Wildman–Crippen LogP) is 2.44. The summed E-state index contributed by atoms with van der Waals surface area (Å²) in [5.41, 5.74) is 0.204. The molecule has 1 saturated heterocycles. The number of carbonyl (C=O) groups excluding carboxylic acids is 2. The second-order valence-corrected chi connectivity index (χ2v) is 5.80. The molecule has 0 radical (unpaired) electrons. The Labute approximate surface area is 155 Å². The van der Waals surface area contributed by atoms with E-state index in [0.717, 1.165) is 0 Å². The van der Waals surface area contributed by atoms with Gasteiger partial charge in [0.2, 0.25) is 0 Å². The van der Waals surface area contributed by atoms with Gasteiger partial charge in [-0.25, -0.2) is 4.90 Å². The van der Waals surface area contributed by atoms with Crippen LogP contribution < -0.4 is 19.7 Å². The lowest BCUT2D eigenvalue weighted by molar-refractivity contribution is -0.122. The summed E-state index contributed by atoms with van der Waals surface area (Å²) in [6.45, 7) is 1.77. The van der Waals surface area contributed by atoms with Crippen LogP contribution in [0, 0.1) is 6.92 Å². The number of nitrogens with zero attached hydrogens (tertiary/aromatic N) is 1. The Bertz CT molecular complexity index is 909. The number of para-hydroxylation sites is 1. The summed E-state index contributed by atoms with van der Waals surface area (Å²) >= 11 is 5.21. The largest absolute Gasteiger partial charge is 0.494 e. The minimum Gasteiger partial charge on any atom is -0.494 e. The number of hydrogen-bond acceptors (Lipinski definition) is 6. The number of hydrogen-bond donors (Lipinski definition) is 1. The molecule has 0 atom stereocenters. The van der Waals surface area contributed by atoms with E-state index in [2.05, 4.69) is 5.32 Å². The summed E-state index contributed by atoms with van der Waals surface area (Å²) in [6.07, 6.45) is 1.38. The van der Waals surface area contributed by atoms with Gasteiger partial charge in [-0.05, 0) is 49.5 Å². The number of thiocarbonyl (C=S) groups is 1. The van der Waals surface area contributed by atoms with Crippen molar-refractivity contribution in [3.8, 4) is 11.5 Å². The van der Waals surface area contributed by atoms with Crippen LogP contribution in [0.5, 0.6) is 11.5 Å². The summed E-state index contributed by atoms with van der Waals surface area (Å²) in [5.74, 6) is 0.614. The van der Waals surface area contributed by atoms with Crippen molar-refractivity contribution in [3.05, 3.63) is 47.4 Å². The van der Waals surface area contributed by atoms with Gasteiger partial charge in [0, 0.05) is 0 Å². The van der Waals surface area contributed by atoms with Gasteiger partial charge in [-0.15, -0.1) is 0 Å². The van der Waals surface area contributed by atoms with Gasteiger partial charge in [0.25, 0.3) is 11.8 Å². The first-order valence-corrected chi connectivity index (χ1v) is 8.06. The average Bonchev–Trinajstić information content (AvgIpc) is 3.03. The molecular formula is C18H16N2O5S. The molecule has 2 aromatic rings. The molecule has 0 aliphatic carbocycles. The van der Waals surface area contributed by atoms with E-state index in [0.29, 0.717) is 28.7 Å². The monoisotopic (exact) mass is 372 g/mol. The fraction of sp³-hybridized carbons (Fsp3) is 0.167. The van der Waals surface area contributed by atoms with E-state index in [-0.39, 0.29) is 10.7 Å². The van der Waals surface area contributed by atoms with E-state index in [4.69, 9.17) is 26.1 Å². The number of carbonyl (C=O) groups is 2. The quantitative estimate of drug-likeness (QED) is 0.504. The highest BCUT2D eigenvalue weighted by molar-refractivity contribution is 7.80. The number of nitrogens with one attached hydrogen (secondary N) is 1. The first kappa shape index (κ1) is 17.7. The first-order valence-electron chi connectivity index (χ1n) is 7.65. The Morgan fingerprint density at radius 3 is 2.31 bits per heavy atom. The summed E-state index contributed by atoms with van der Waals surface area (Å²) in [4.78, 5) is 26.5. The van der Waals surface area contributed by atoms with Gasteiger partial charge in [-0.2, -0.15) is 0 Å². The molecule has 1 fully saturated rings. The van der Waals surface area contributed by atoms with Gasteiger partial charge in [-0.1, -0.05) is 6.07 Å². The molecule has 26 heavy (non-hydrogen) atoms. The number of furan rings is 1. The molecule has 1 aromatic heterocycles. The molecule has 1 N–H and O–H groups in total. The van der Waals surface area contributed by atoms with Crippen molar-refractivity contribution in [2.24, 2.45) is 0 Å². The molecule has 0 bridgehead atoms. The lowest BCUT2D eigenvalue weighted by Crippen LogP contribution is -2.54. The molecule has 1 aliphatic heterocycles. The Morgan fingerprint density at radius 1 is 1.12 bits per heavy atom. The summed E-state index contributed by atoms with van der Waals surface area (Å²) in [5, 5.41) is 2.45. The molecule has 0 spiro atoms. The van der Waals surface area contributed by atoms with Crippen molar-refractivity contribution in [1.29, 1.82) is 0 Å². The van der Waals surface area contributed by atoms with Gasteiger partial charge in [0.05, 0.1) is 14.2 Å². The van der Waals surface area contributed by atoms with Crippen molar-refractivity contribution in [2.75, 3.05) is 19.1 Å². The smallest absolute Gasteiger partial charge is 0.270 e. The zero-order valence-electron chi connectivity index (χ0n) is 14.4. The minimum atomic E-state index is -0.601. The second-order valence-electron chi connectivity index (χ2n) is 5.42. The van der Waals surface area contributed by atoms with E-state index in [9.17, 15) is 9.59 Å². The summed E-state index contributed by atoms with van der Waals surface area (Å²) < 4.78 is 16.1. The lowest BCUT2D eigenvalue weighted by atomic mass is 10.1. The molecule has 7 nitrogen and oxygen atoms in total. The van der Waals surface area contributed by atoms with Crippen LogP contribution in [0.4, 0.5) is 5.69 Å². The first-order chi connectivity index (χ1) is 12.5. The van der Waals surface area contributed by atoms with Crippen LogP contribution in [0.25, 0.3) is 6.08 Å². The van der Waals surface area contributed by atoms with Gasteiger partial charge in [-0.3, -0.25) is 14.9 Å². The van der Waals surface area contributed by atoms with Gasteiger partial charge < -0.3 is 13.9 Å². The van der Waals surface area contributed by atoms with Crippen LogP contribution in [0.2, 0.25) is 0 Å². The average molecular weight is 372 g/mol. The number of rotatable bonds is 4. The minimum absolute atomic E-state index is 0.0597. The number of amides is 2. The molecule has 0 saturated carbocycles. The maximum absolute atomic E-state index is 13.1. The van der Waals surface area contributed by atoms with Crippen LogP contribution in [-0.2, 0) is 9.59 Å². The van der Waals surface area contributed by atoms with E-state index < -0.39 is 11.8 Å². The highest BCUT2D eigenvalue weighted by Crippen LogP contribution is 2.39. The molecule has 1 aliphatic rings.